The molecule has 1 heterocycles. The Hall–Kier alpha value is -2.02. The molecule has 0 spiro atoms. The van der Waals surface area contributed by atoms with Gasteiger partial charge in [-0.25, -0.2) is 9.79 Å². The summed E-state index contributed by atoms with van der Waals surface area (Å²) in [7, 11) is 0. The molecule has 2 unspecified atom stereocenters. The van der Waals surface area contributed by atoms with Crippen molar-refractivity contribution in [2.75, 3.05) is 25.2 Å². The van der Waals surface area contributed by atoms with E-state index in [0.717, 1.165) is 23.5 Å². The topological polar surface area (TPSA) is 77.0 Å². The van der Waals surface area contributed by atoms with Gasteiger partial charge in [0.25, 0.3) is 0 Å². The minimum Gasteiger partial charge on any atom is -0.494 e. The number of esters is 1. The van der Waals surface area contributed by atoms with Crippen molar-refractivity contribution in [3.63, 3.8) is 0 Å². The van der Waals surface area contributed by atoms with Crippen LogP contribution in [0.2, 0.25) is 0 Å². The summed E-state index contributed by atoms with van der Waals surface area (Å²) in [5, 5.41) is 2.77. The number of carbonyl (C=O) groups is 2. The molecule has 0 saturated carbocycles. The molecule has 1 aromatic carbocycles. The predicted octanol–water partition coefficient (Wildman–Crippen LogP) is 3.22. The van der Waals surface area contributed by atoms with Gasteiger partial charge in [0, 0.05) is 11.5 Å². The SMILES string of the molecule is CCCOc1ccc(C2NC(=O)N=C(C)C2C(=O)OCCSC)cc1. The number of amides is 2. The van der Waals surface area contributed by atoms with E-state index in [-0.39, 0.29) is 5.97 Å². The third-order valence-electron chi connectivity index (χ3n) is 3.84. The molecule has 1 aliphatic heterocycles. The van der Waals surface area contributed by atoms with E-state index in [0.29, 0.717) is 18.9 Å². The zero-order valence-corrected chi connectivity index (χ0v) is 15.6. The monoisotopic (exact) mass is 364 g/mol. The first kappa shape index (κ1) is 19.3. The van der Waals surface area contributed by atoms with Crippen LogP contribution in [0.4, 0.5) is 4.79 Å². The Kier molecular flexibility index (Phi) is 7.31. The Morgan fingerprint density at radius 2 is 2.00 bits per heavy atom. The van der Waals surface area contributed by atoms with Crippen LogP contribution in [0, 0.1) is 5.92 Å². The number of aliphatic imine (C=N–C) groups is 1. The quantitative estimate of drug-likeness (QED) is 0.566. The highest BCUT2D eigenvalue weighted by Gasteiger charge is 2.37. The molecule has 25 heavy (non-hydrogen) atoms. The van der Waals surface area contributed by atoms with Crippen LogP contribution >= 0.6 is 11.8 Å². The summed E-state index contributed by atoms with van der Waals surface area (Å²) in [6, 6.07) is 6.46. The van der Waals surface area contributed by atoms with E-state index < -0.39 is 18.0 Å². The molecule has 0 saturated heterocycles. The highest BCUT2D eigenvalue weighted by molar-refractivity contribution is 7.98. The number of rotatable bonds is 8. The maximum atomic E-state index is 12.5. The Morgan fingerprint density at radius 3 is 2.64 bits per heavy atom. The normalized spacial score (nSPS) is 19.8. The van der Waals surface area contributed by atoms with E-state index in [1.54, 1.807) is 18.7 Å². The predicted molar refractivity (Wildman–Crippen MR) is 99.4 cm³/mol. The maximum absolute atomic E-state index is 12.5. The van der Waals surface area contributed by atoms with Gasteiger partial charge in [0.2, 0.25) is 0 Å². The smallest absolute Gasteiger partial charge is 0.341 e. The minimum absolute atomic E-state index is 0.342. The molecule has 0 aliphatic carbocycles. The van der Waals surface area contributed by atoms with Crippen LogP contribution in [-0.2, 0) is 9.53 Å². The fraction of sp³-hybridized carbons (Fsp3) is 0.500. The fourth-order valence-electron chi connectivity index (χ4n) is 2.61. The van der Waals surface area contributed by atoms with Crippen molar-refractivity contribution in [1.82, 2.24) is 5.32 Å². The first-order valence-corrected chi connectivity index (χ1v) is 9.70. The molecule has 2 amide bonds. The van der Waals surface area contributed by atoms with E-state index in [4.69, 9.17) is 9.47 Å². The largest absolute Gasteiger partial charge is 0.494 e. The van der Waals surface area contributed by atoms with Gasteiger partial charge >= 0.3 is 12.0 Å². The lowest BCUT2D eigenvalue weighted by molar-refractivity contribution is -0.146. The van der Waals surface area contributed by atoms with E-state index >= 15 is 0 Å². The highest BCUT2D eigenvalue weighted by Crippen LogP contribution is 2.29. The molecular formula is C18H24N2O4S. The molecule has 1 aromatic rings. The van der Waals surface area contributed by atoms with Gasteiger partial charge in [0.05, 0.1) is 12.6 Å². The van der Waals surface area contributed by atoms with Crippen LogP contribution in [0.5, 0.6) is 5.75 Å². The lowest BCUT2D eigenvalue weighted by atomic mass is 9.88. The molecule has 136 valence electrons. The second kappa shape index (κ2) is 9.46. The van der Waals surface area contributed by atoms with Crippen molar-refractivity contribution < 1.29 is 19.1 Å². The molecule has 0 bridgehead atoms. The second-order valence-electron chi connectivity index (χ2n) is 5.74. The molecule has 7 heteroatoms. The number of urea groups is 1. The van der Waals surface area contributed by atoms with Gasteiger partial charge in [-0.05, 0) is 37.3 Å². The zero-order valence-electron chi connectivity index (χ0n) is 14.8. The van der Waals surface area contributed by atoms with E-state index in [1.165, 1.54) is 0 Å². The van der Waals surface area contributed by atoms with Gasteiger partial charge < -0.3 is 14.8 Å². The summed E-state index contributed by atoms with van der Waals surface area (Å²) in [6.45, 7) is 4.72. The van der Waals surface area contributed by atoms with Crippen LogP contribution in [0.3, 0.4) is 0 Å². The van der Waals surface area contributed by atoms with Gasteiger partial charge in [-0.15, -0.1) is 0 Å². The standard InChI is InChI=1S/C18H24N2O4S/c1-4-9-23-14-7-5-13(6-8-14)16-15(12(2)19-18(22)20-16)17(21)24-10-11-25-3/h5-8,15-16H,4,9-11H2,1-3H3,(H,20,22). The third-order valence-corrected chi connectivity index (χ3v) is 4.41. The molecule has 6 nitrogen and oxygen atoms in total. The van der Waals surface area contributed by atoms with Crippen LogP contribution in [-0.4, -0.2) is 42.9 Å². The number of benzene rings is 1. The summed E-state index contributed by atoms with van der Waals surface area (Å²) >= 11 is 1.61. The number of ether oxygens (including phenoxy) is 2. The number of carbonyl (C=O) groups excluding carboxylic acids is 2. The summed E-state index contributed by atoms with van der Waals surface area (Å²) in [5.74, 6) is 0.501. The van der Waals surface area contributed by atoms with Crippen molar-refractivity contribution in [2.45, 2.75) is 26.3 Å². The molecule has 1 aliphatic rings. The van der Waals surface area contributed by atoms with Gasteiger partial charge in [-0.1, -0.05) is 19.1 Å². The lowest BCUT2D eigenvalue weighted by Gasteiger charge is -2.29. The molecule has 0 aromatic heterocycles. The molecular weight excluding hydrogens is 340 g/mol. The first-order chi connectivity index (χ1) is 12.1. The summed E-state index contributed by atoms with van der Waals surface area (Å²) < 4.78 is 10.9. The third kappa shape index (κ3) is 5.22. The molecule has 1 N–H and O–H groups in total. The molecule has 0 radical (unpaired) electrons. The van der Waals surface area contributed by atoms with E-state index in [9.17, 15) is 9.59 Å². The summed E-state index contributed by atoms with van der Waals surface area (Å²) in [5.41, 5.74) is 1.28. The van der Waals surface area contributed by atoms with Gasteiger partial charge in [0.1, 0.15) is 18.3 Å². The Labute approximate surface area is 152 Å². The van der Waals surface area contributed by atoms with Gasteiger partial charge in [-0.3, -0.25) is 4.79 Å². The van der Waals surface area contributed by atoms with Crippen LogP contribution in [0.15, 0.2) is 29.3 Å². The number of hydrogen-bond donors (Lipinski definition) is 1. The Balaban J connectivity index is 2.18. The van der Waals surface area contributed by atoms with Gasteiger partial charge in [-0.2, -0.15) is 11.8 Å². The average Bonchev–Trinajstić information content (AvgIpc) is 2.59. The Bertz CT molecular complexity index is 630. The van der Waals surface area contributed by atoms with Crippen LogP contribution in [0.1, 0.15) is 31.9 Å². The van der Waals surface area contributed by atoms with Gasteiger partial charge in [0.15, 0.2) is 0 Å². The highest BCUT2D eigenvalue weighted by atomic mass is 32.2. The number of nitrogens with one attached hydrogen (secondary N) is 1. The second-order valence-corrected chi connectivity index (χ2v) is 6.72. The fourth-order valence-corrected chi connectivity index (χ4v) is 2.86. The molecule has 2 rings (SSSR count). The summed E-state index contributed by atoms with van der Waals surface area (Å²) in [4.78, 5) is 28.2. The van der Waals surface area contributed by atoms with Crippen molar-refractivity contribution >= 4 is 29.5 Å². The van der Waals surface area contributed by atoms with Crippen molar-refractivity contribution in [3.05, 3.63) is 29.8 Å². The molecule has 0 fully saturated rings. The number of thioether (sulfide) groups is 1. The van der Waals surface area contributed by atoms with E-state index in [2.05, 4.69) is 10.3 Å². The average molecular weight is 364 g/mol. The van der Waals surface area contributed by atoms with Crippen molar-refractivity contribution in [2.24, 2.45) is 10.9 Å². The van der Waals surface area contributed by atoms with Crippen LogP contribution in [0.25, 0.3) is 0 Å². The number of nitrogens with zero attached hydrogens (tertiary/aromatic N) is 1. The molecule has 2 atom stereocenters. The van der Waals surface area contributed by atoms with Crippen molar-refractivity contribution in [3.8, 4) is 5.75 Å². The summed E-state index contributed by atoms with van der Waals surface area (Å²) in [6.07, 6.45) is 2.88. The number of hydrogen-bond acceptors (Lipinski definition) is 5. The zero-order chi connectivity index (χ0) is 18.2. The minimum atomic E-state index is -0.623. The van der Waals surface area contributed by atoms with E-state index in [1.807, 2.05) is 37.4 Å². The lowest BCUT2D eigenvalue weighted by Crippen LogP contribution is -2.44. The van der Waals surface area contributed by atoms with Crippen molar-refractivity contribution in [1.29, 1.82) is 0 Å². The maximum Gasteiger partial charge on any atom is 0.341 e. The Morgan fingerprint density at radius 1 is 1.28 bits per heavy atom. The first-order valence-electron chi connectivity index (χ1n) is 8.30. The van der Waals surface area contributed by atoms with Crippen LogP contribution < -0.4 is 10.1 Å².